The fourth-order valence-electron chi connectivity index (χ4n) is 3.12. The SMILES string of the molecule is CCCn1c(=O)c2ccccc2n(Cc2nc(-c3ccc(Br)cc3)no2)c1=O. The van der Waals surface area contributed by atoms with Crippen LogP contribution >= 0.6 is 15.9 Å². The minimum absolute atomic E-state index is 0.0901. The maximum absolute atomic E-state index is 12.9. The molecule has 0 unspecified atom stereocenters. The van der Waals surface area contributed by atoms with Gasteiger partial charge in [0.15, 0.2) is 0 Å². The van der Waals surface area contributed by atoms with Gasteiger partial charge in [-0.1, -0.05) is 40.1 Å². The summed E-state index contributed by atoms with van der Waals surface area (Å²) in [4.78, 5) is 30.0. The molecule has 0 N–H and O–H groups in total. The minimum atomic E-state index is -0.381. The highest BCUT2D eigenvalue weighted by Crippen LogP contribution is 2.19. The molecule has 2 heterocycles. The van der Waals surface area contributed by atoms with Crippen LogP contribution in [-0.2, 0) is 13.1 Å². The van der Waals surface area contributed by atoms with E-state index in [2.05, 4.69) is 26.1 Å². The summed E-state index contributed by atoms with van der Waals surface area (Å²) < 4.78 is 9.09. The molecule has 0 amide bonds. The molecule has 0 fully saturated rings. The van der Waals surface area contributed by atoms with E-state index in [0.29, 0.717) is 35.6 Å². The van der Waals surface area contributed by atoms with E-state index in [1.165, 1.54) is 9.13 Å². The zero-order valence-corrected chi connectivity index (χ0v) is 16.7. The van der Waals surface area contributed by atoms with Gasteiger partial charge in [0.05, 0.1) is 10.9 Å². The van der Waals surface area contributed by atoms with Crippen molar-refractivity contribution in [1.82, 2.24) is 19.3 Å². The van der Waals surface area contributed by atoms with Gasteiger partial charge in [-0.05, 0) is 42.8 Å². The first-order chi connectivity index (χ1) is 13.6. The molecule has 4 rings (SSSR count). The van der Waals surface area contributed by atoms with Crippen molar-refractivity contribution in [2.45, 2.75) is 26.4 Å². The molecular formula is C20H17BrN4O3. The molecule has 0 bridgehead atoms. The normalized spacial score (nSPS) is 11.2. The molecule has 0 atom stereocenters. The molecule has 0 aliphatic heterocycles. The van der Waals surface area contributed by atoms with Crippen molar-refractivity contribution in [3.8, 4) is 11.4 Å². The van der Waals surface area contributed by atoms with Crippen LogP contribution in [0.2, 0.25) is 0 Å². The van der Waals surface area contributed by atoms with E-state index in [9.17, 15) is 9.59 Å². The zero-order valence-electron chi connectivity index (χ0n) is 15.1. The molecular weight excluding hydrogens is 424 g/mol. The van der Waals surface area contributed by atoms with Crippen molar-refractivity contribution < 1.29 is 4.52 Å². The number of nitrogens with zero attached hydrogens (tertiary/aromatic N) is 4. The van der Waals surface area contributed by atoms with Crippen molar-refractivity contribution >= 4 is 26.8 Å². The van der Waals surface area contributed by atoms with Crippen LogP contribution in [0, 0.1) is 0 Å². The van der Waals surface area contributed by atoms with Gasteiger partial charge in [0.2, 0.25) is 11.7 Å². The van der Waals surface area contributed by atoms with Crippen molar-refractivity contribution in [2.24, 2.45) is 0 Å². The van der Waals surface area contributed by atoms with Crippen LogP contribution in [0.4, 0.5) is 0 Å². The van der Waals surface area contributed by atoms with Crippen molar-refractivity contribution in [3.63, 3.8) is 0 Å². The number of halogens is 1. The maximum Gasteiger partial charge on any atom is 0.331 e. The number of benzene rings is 2. The second-order valence-corrected chi connectivity index (χ2v) is 7.28. The van der Waals surface area contributed by atoms with Gasteiger partial charge < -0.3 is 4.52 Å². The highest BCUT2D eigenvalue weighted by molar-refractivity contribution is 9.10. The first-order valence-corrected chi connectivity index (χ1v) is 9.68. The van der Waals surface area contributed by atoms with Gasteiger partial charge in [0.25, 0.3) is 5.56 Å². The fourth-order valence-corrected chi connectivity index (χ4v) is 3.38. The number of hydrogen-bond acceptors (Lipinski definition) is 5. The molecule has 0 aliphatic rings. The number of para-hydroxylation sites is 1. The number of fused-ring (bicyclic) bond motifs is 1. The van der Waals surface area contributed by atoms with Gasteiger partial charge in [-0.2, -0.15) is 4.98 Å². The second kappa shape index (κ2) is 7.55. The predicted octanol–water partition coefficient (Wildman–Crippen LogP) is 3.43. The molecule has 0 radical (unpaired) electrons. The lowest BCUT2D eigenvalue weighted by molar-refractivity contribution is 0.369. The first kappa shape index (κ1) is 18.4. The van der Waals surface area contributed by atoms with E-state index in [1.54, 1.807) is 24.3 Å². The summed E-state index contributed by atoms with van der Waals surface area (Å²) >= 11 is 3.39. The van der Waals surface area contributed by atoms with Gasteiger partial charge in [0.1, 0.15) is 6.54 Å². The van der Waals surface area contributed by atoms with E-state index in [4.69, 9.17) is 4.52 Å². The number of rotatable bonds is 5. The lowest BCUT2D eigenvalue weighted by atomic mass is 10.2. The Hall–Kier alpha value is -3.00. The summed E-state index contributed by atoms with van der Waals surface area (Å²) in [6, 6.07) is 14.6. The topological polar surface area (TPSA) is 82.9 Å². The molecule has 0 aliphatic carbocycles. The van der Waals surface area contributed by atoms with E-state index in [0.717, 1.165) is 10.0 Å². The van der Waals surface area contributed by atoms with Crippen LogP contribution in [-0.4, -0.2) is 19.3 Å². The van der Waals surface area contributed by atoms with Crippen LogP contribution in [0.5, 0.6) is 0 Å². The van der Waals surface area contributed by atoms with E-state index in [-0.39, 0.29) is 17.8 Å². The van der Waals surface area contributed by atoms with Crippen molar-refractivity contribution in [2.75, 3.05) is 0 Å². The lowest BCUT2D eigenvalue weighted by Crippen LogP contribution is -2.40. The Balaban J connectivity index is 1.79. The minimum Gasteiger partial charge on any atom is -0.337 e. The summed E-state index contributed by atoms with van der Waals surface area (Å²) in [5, 5.41) is 4.50. The van der Waals surface area contributed by atoms with E-state index >= 15 is 0 Å². The van der Waals surface area contributed by atoms with Crippen LogP contribution in [0.3, 0.4) is 0 Å². The van der Waals surface area contributed by atoms with Gasteiger partial charge in [-0.15, -0.1) is 0 Å². The summed E-state index contributed by atoms with van der Waals surface area (Å²) in [7, 11) is 0. The van der Waals surface area contributed by atoms with Crippen LogP contribution in [0.15, 0.2) is 67.1 Å². The number of hydrogen-bond donors (Lipinski definition) is 0. The highest BCUT2D eigenvalue weighted by Gasteiger charge is 2.16. The third-order valence-electron chi connectivity index (χ3n) is 4.44. The zero-order chi connectivity index (χ0) is 19.7. The molecule has 4 aromatic rings. The third kappa shape index (κ3) is 3.31. The molecule has 28 heavy (non-hydrogen) atoms. The molecule has 7 nitrogen and oxygen atoms in total. The summed E-state index contributed by atoms with van der Waals surface area (Å²) in [6.45, 7) is 2.37. The van der Waals surface area contributed by atoms with Crippen molar-refractivity contribution in [1.29, 1.82) is 0 Å². The summed E-state index contributed by atoms with van der Waals surface area (Å²) in [5.74, 6) is 0.744. The third-order valence-corrected chi connectivity index (χ3v) is 4.97. The monoisotopic (exact) mass is 440 g/mol. The first-order valence-electron chi connectivity index (χ1n) is 8.89. The Kier molecular flexibility index (Phi) is 4.95. The number of aromatic nitrogens is 4. The van der Waals surface area contributed by atoms with Crippen LogP contribution < -0.4 is 11.2 Å². The van der Waals surface area contributed by atoms with Gasteiger partial charge >= 0.3 is 5.69 Å². The maximum atomic E-state index is 12.9. The molecule has 2 aromatic heterocycles. The smallest absolute Gasteiger partial charge is 0.331 e. The Labute approximate surface area is 168 Å². The van der Waals surface area contributed by atoms with Gasteiger partial charge in [-0.3, -0.25) is 13.9 Å². The highest BCUT2D eigenvalue weighted by atomic mass is 79.9. The average molecular weight is 441 g/mol. The van der Waals surface area contributed by atoms with Crippen molar-refractivity contribution in [3.05, 3.63) is 79.7 Å². The largest absolute Gasteiger partial charge is 0.337 e. The molecule has 0 spiro atoms. The molecule has 0 saturated heterocycles. The Morgan fingerprint density at radius 2 is 1.79 bits per heavy atom. The Morgan fingerprint density at radius 1 is 1.04 bits per heavy atom. The molecule has 0 saturated carbocycles. The molecule has 8 heteroatoms. The van der Waals surface area contributed by atoms with Crippen LogP contribution in [0.25, 0.3) is 22.3 Å². The fraction of sp³-hybridized carbons (Fsp3) is 0.200. The summed E-state index contributed by atoms with van der Waals surface area (Å²) in [6.07, 6.45) is 0.682. The standard InChI is InChI=1S/C20H17BrN4O3/c1-2-11-24-19(26)15-5-3-4-6-16(15)25(20(24)27)12-17-22-18(23-28-17)13-7-9-14(21)10-8-13/h3-10H,2,11-12H2,1H3. The average Bonchev–Trinajstić information content (AvgIpc) is 3.18. The molecule has 2 aromatic carbocycles. The Bertz CT molecular complexity index is 1260. The van der Waals surface area contributed by atoms with Gasteiger partial charge in [-0.25, -0.2) is 4.79 Å². The van der Waals surface area contributed by atoms with E-state index < -0.39 is 0 Å². The molecule has 142 valence electrons. The van der Waals surface area contributed by atoms with Crippen LogP contribution in [0.1, 0.15) is 19.2 Å². The quantitative estimate of drug-likeness (QED) is 0.474. The lowest BCUT2D eigenvalue weighted by Gasteiger charge is -2.12. The summed E-state index contributed by atoms with van der Waals surface area (Å²) in [5.41, 5.74) is 0.702. The van der Waals surface area contributed by atoms with E-state index in [1.807, 2.05) is 31.2 Å². The predicted molar refractivity (Wildman–Crippen MR) is 109 cm³/mol. The Morgan fingerprint density at radius 3 is 2.54 bits per heavy atom. The van der Waals surface area contributed by atoms with Gasteiger partial charge in [0, 0.05) is 16.6 Å². The second-order valence-electron chi connectivity index (χ2n) is 6.36.